The van der Waals surface area contributed by atoms with Crippen LogP contribution in [0.25, 0.3) is 0 Å². The van der Waals surface area contributed by atoms with Crippen LogP contribution in [0.15, 0.2) is 6.20 Å². The molecule has 26 heavy (non-hydrogen) atoms. The summed E-state index contributed by atoms with van der Waals surface area (Å²) in [7, 11) is 3.66. The summed E-state index contributed by atoms with van der Waals surface area (Å²) < 4.78 is 30.1. The molecule has 1 atom stereocenters. The number of hydrogen-bond acceptors (Lipinski definition) is 7. The van der Waals surface area contributed by atoms with Crippen molar-refractivity contribution in [1.82, 2.24) is 19.2 Å². The minimum atomic E-state index is -3.26. The summed E-state index contributed by atoms with van der Waals surface area (Å²) in [4.78, 5) is 25.0. The lowest BCUT2D eigenvalue weighted by atomic mass is 9.99. The van der Waals surface area contributed by atoms with Crippen LogP contribution in [0.5, 0.6) is 0 Å². The highest BCUT2D eigenvalue weighted by molar-refractivity contribution is 7.88. The average Bonchev–Trinajstić information content (AvgIpc) is 3.08. The van der Waals surface area contributed by atoms with Crippen molar-refractivity contribution in [3.05, 3.63) is 17.5 Å². The van der Waals surface area contributed by atoms with Gasteiger partial charge in [-0.25, -0.2) is 22.7 Å². The van der Waals surface area contributed by atoms with Gasteiger partial charge < -0.3 is 14.5 Å². The summed E-state index contributed by atoms with van der Waals surface area (Å²) >= 11 is 0. The lowest BCUT2D eigenvalue weighted by Gasteiger charge is -2.21. The highest BCUT2D eigenvalue weighted by Crippen LogP contribution is 2.30. The molecule has 10 heteroatoms. The van der Waals surface area contributed by atoms with E-state index in [0.717, 1.165) is 0 Å². The molecule has 0 spiro atoms. The van der Waals surface area contributed by atoms with Crippen LogP contribution in [-0.2, 0) is 14.8 Å². The van der Waals surface area contributed by atoms with E-state index in [4.69, 9.17) is 4.74 Å². The van der Waals surface area contributed by atoms with E-state index in [0.29, 0.717) is 49.9 Å². The first-order valence-corrected chi connectivity index (χ1v) is 10.2. The number of likely N-dealkylation sites (N-methyl/N-ethyl adjacent to an activating group) is 1. The van der Waals surface area contributed by atoms with Crippen LogP contribution >= 0.6 is 0 Å². The van der Waals surface area contributed by atoms with Gasteiger partial charge in [0.1, 0.15) is 0 Å². The zero-order valence-electron chi connectivity index (χ0n) is 16.0. The molecule has 1 fully saturated rings. The molecule has 9 nitrogen and oxygen atoms in total. The van der Waals surface area contributed by atoms with Gasteiger partial charge in [-0.15, -0.1) is 0 Å². The number of hydrogen-bond donors (Lipinski definition) is 0. The maximum absolute atomic E-state index is 12.8. The summed E-state index contributed by atoms with van der Waals surface area (Å²) in [5.41, 5.74) is 1.01. The SMILES string of the molecule is COCCN(C)C(=O)c1cnc(N(C)C)nc1[C@H]1CCN(S(C)(=O)=O)C1. The van der Waals surface area contributed by atoms with Gasteiger partial charge in [-0.2, -0.15) is 0 Å². The standard InChI is InChI=1S/C16H27N5O4S/c1-19(2)16-17-10-13(15(22)20(3)8-9-25-4)14(18-16)12-6-7-21(11-12)26(5,23)24/h10,12H,6-9,11H2,1-5H3/t12-/m0/s1. The van der Waals surface area contributed by atoms with E-state index in [1.165, 1.54) is 16.8 Å². The summed E-state index contributed by atoms with van der Waals surface area (Å²) in [6.07, 6.45) is 3.36. The first kappa shape index (κ1) is 20.5. The van der Waals surface area contributed by atoms with E-state index >= 15 is 0 Å². The molecule has 0 aromatic carbocycles. The minimum Gasteiger partial charge on any atom is -0.383 e. The maximum Gasteiger partial charge on any atom is 0.257 e. The Bertz CT molecular complexity index is 753. The number of methoxy groups -OCH3 is 1. The summed E-state index contributed by atoms with van der Waals surface area (Å²) in [6.45, 7) is 1.63. The smallest absolute Gasteiger partial charge is 0.257 e. The van der Waals surface area contributed by atoms with Gasteiger partial charge in [0.2, 0.25) is 16.0 Å². The average molecular weight is 385 g/mol. The molecule has 1 aromatic heterocycles. The molecule has 1 amide bonds. The predicted molar refractivity (Wildman–Crippen MR) is 99.0 cm³/mol. The summed E-state index contributed by atoms with van der Waals surface area (Å²) in [5.74, 6) is 0.162. The Morgan fingerprint density at radius 1 is 1.38 bits per heavy atom. The van der Waals surface area contributed by atoms with Crippen LogP contribution in [0.3, 0.4) is 0 Å². The van der Waals surface area contributed by atoms with Crippen molar-refractivity contribution >= 4 is 21.9 Å². The number of anilines is 1. The zero-order chi connectivity index (χ0) is 19.5. The number of amides is 1. The van der Waals surface area contributed by atoms with Crippen molar-refractivity contribution in [3.63, 3.8) is 0 Å². The van der Waals surface area contributed by atoms with Crippen molar-refractivity contribution in [2.75, 3.05) is 65.6 Å². The van der Waals surface area contributed by atoms with Gasteiger partial charge in [-0.05, 0) is 6.42 Å². The van der Waals surface area contributed by atoms with Crippen molar-refractivity contribution in [2.45, 2.75) is 12.3 Å². The largest absolute Gasteiger partial charge is 0.383 e. The van der Waals surface area contributed by atoms with Crippen molar-refractivity contribution in [3.8, 4) is 0 Å². The molecule has 2 rings (SSSR count). The van der Waals surface area contributed by atoms with E-state index in [-0.39, 0.29) is 11.8 Å². The number of aromatic nitrogens is 2. The number of carbonyl (C=O) groups is 1. The maximum atomic E-state index is 12.8. The Morgan fingerprint density at radius 2 is 2.08 bits per heavy atom. The van der Waals surface area contributed by atoms with Crippen LogP contribution < -0.4 is 4.90 Å². The van der Waals surface area contributed by atoms with Crippen molar-refractivity contribution < 1.29 is 17.9 Å². The lowest BCUT2D eigenvalue weighted by molar-refractivity contribution is 0.0741. The molecule has 0 N–H and O–H groups in total. The van der Waals surface area contributed by atoms with Gasteiger partial charge in [0, 0.05) is 60.0 Å². The molecule has 1 saturated heterocycles. The van der Waals surface area contributed by atoms with Crippen LogP contribution in [0.2, 0.25) is 0 Å². The first-order valence-electron chi connectivity index (χ1n) is 8.39. The van der Waals surface area contributed by atoms with Gasteiger partial charge in [-0.1, -0.05) is 0 Å². The fourth-order valence-corrected chi connectivity index (χ4v) is 3.75. The lowest BCUT2D eigenvalue weighted by Crippen LogP contribution is -2.32. The Balaban J connectivity index is 2.36. The van der Waals surface area contributed by atoms with E-state index in [1.807, 2.05) is 14.1 Å². The molecule has 0 bridgehead atoms. The second-order valence-corrected chi connectivity index (χ2v) is 8.67. The second kappa shape index (κ2) is 8.28. The molecule has 2 heterocycles. The fraction of sp³-hybridized carbons (Fsp3) is 0.688. The molecule has 146 valence electrons. The van der Waals surface area contributed by atoms with Crippen molar-refractivity contribution in [1.29, 1.82) is 0 Å². The van der Waals surface area contributed by atoms with E-state index < -0.39 is 10.0 Å². The number of rotatable bonds is 7. The third-order valence-corrected chi connectivity index (χ3v) is 5.69. The first-order chi connectivity index (χ1) is 12.1. The van der Waals surface area contributed by atoms with Crippen LogP contribution in [0.4, 0.5) is 5.95 Å². The molecule has 0 radical (unpaired) electrons. The van der Waals surface area contributed by atoms with Crippen LogP contribution in [0, 0.1) is 0 Å². The van der Waals surface area contributed by atoms with E-state index in [2.05, 4.69) is 9.97 Å². The Hall–Kier alpha value is -1.78. The molecule has 0 saturated carbocycles. The van der Waals surface area contributed by atoms with Crippen molar-refractivity contribution in [2.24, 2.45) is 0 Å². The molecule has 1 aliphatic rings. The third kappa shape index (κ3) is 4.68. The van der Waals surface area contributed by atoms with Gasteiger partial charge in [0.15, 0.2) is 0 Å². The third-order valence-electron chi connectivity index (χ3n) is 4.42. The van der Waals surface area contributed by atoms with Gasteiger partial charge in [-0.3, -0.25) is 4.79 Å². The number of ether oxygens (including phenoxy) is 1. The normalized spacial score (nSPS) is 18.1. The molecule has 0 unspecified atom stereocenters. The summed E-state index contributed by atoms with van der Waals surface area (Å²) in [5, 5.41) is 0. The van der Waals surface area contributed by atoms with Gasteiger partial charge >= 0.3 is 0 Å². The highest BCUT2D eigenvalue weighted by Gasteiger charge is 2.33. The topological polar surface area (TPSA) is 95.9 Å². The number of nitrogens with zero attached hydrogens (tertiary/aromatic N) is 5. The quantitative estimate of drug-likeness (QED) is 0.652. The van der Waals surface area contributed by atoms with Gasteiger partial charge in [0.25, 0.3) is 5.91 Å². The zero-order valence-corrected chi connectivity index (χ0v) is 16.8. The Kier molecular flexibility index (Phi) is 6.53. The molecular weight excluding hydrogens is 358 g/mol. The second-order valence-electron chi connectivity index (χ2n) is 6.69. The number of sulfonamides is 1. The highest BCUT2D eigenvalue weighted by atomic mass is 32.2. The molecule has 1 aromatic rings. The fourth-order valence-electron chi connectivity index (χ4n) is 2.86. The number of carbonyl (C=O) groups excluding carboxylic acids is 1. The monoisotopic (exact) mass is 385 g/mol. The van der Waals surface area contributed by atoms with E-state index in [1.54, 1.807) is 24.0 Å². The molecular formula is C16H27N5O4S. The Labute approximate surface area is 155 Å². The van der Waals surface area contributed by atoms with Crippen LogP contribution in [0.1, 0.15) is 28.4 Å². The summed E-state index contributed by atoms with van der Waals surface area (Å²) in [6, 6.07) is 0. The molecule has 0 aliphatic carbocycles. The van der Waals surface area contributed by atoms with Crippen LogP contribution in [-0.4, -0.2) is 94.2 Å². The Morgan fingerprint density at radius 3 is 2.62 bits per heavy atom. The van der Waals surface area contributed by atoms with E-state index in [9.17, 15) is 13.2 Å². The predicted octanol–water partition coefficient (Wildman–Crippen LogP) is 0.00990. The minimum absolute atomic E-state index is 0.138. The molecule has 1 aliphatic heterocycles. The van der Waals surface area contributed by atoms with Gasteiger partial charge in [0.05, 0.1) is 24.1 Å².